The molecule has 1 rings (SSSR count). The smallest absolute Gasteiger partial charge is 0.191 e. The van der Waals surface area contributed by atoms with Crippen molar-refractivity contribution in [3.8, 4) is 5.75 Å². The fourth-order valence-electron chi connectivity index (χ4n) is 1.80. The lowest BCUT2D eigenvalue weighted by Crippen LogP contribution is -2.39. The molecule has 0 aliphatic rings. The summed E-state index contributed by atoms with van der Waals surface area (Å²) in [5.41, 5.74) is 1.13. The van der Waals surface area contributed by atoms with Crippen molar-refractivity contribution in [3.63, 3.8) is 0 Å². The third kappa shape index (κ3) is 7.56. The number of hydrogen-bond acceptors (Lipinski definition) is 3. The normalized spacial score (nSPS) is 11.3. The molecule has 0 aliphatic heterocycles. The zero-order chi connectivity index (χ0) is 15.3. The number of benzene rings is 1. The predicted octanol–water partition coefficient (Wildman–Crippen LogP) is 2.18. The van der Waals surface area contributed by atoms with Gasteiger partial charge in [-0.2, -0.15) is 0 Å². The lowest BCUT2D eigenvalue weighted by atomic mass is 10.2. The SMILES string of the molecule is CCNC(=NCc1cccc(OCC)c1)NCCOCC. The van der Waals surface area contributed by atoms with Crippen molar-refractivity contribution in [1.29, 1.82) is 0 Å². The molecular formula is C16H27N3O2. The average molecular weight is 293 g/mol. The monoisotopic (exact) mass is 293 g/mol. The van der Waals surface area contributed by atoms with Crippen molar-refractivity contribution in [2.75, 3.05) is 32.9 Å². The maximum atomic E-state index is 5.50. The van der Waals surface area contributed by atoms with Crippen LogP contribution in [0.2, 0.25) is 0 Å². The first kappa shape index (κ1) is 17.3. The van der Waals surface area contributed by atoms with Crippen LogP contribution >= 0.6 is 0 Å². The Morgan fingerprint density at radius 1 is 1.14 bits per heavy atom. The molecule has 5 nitrogen and oxygen atoms in total. The summed E-state index contributed by atoms with van der Waals surface area (Å²) in [6.07, 6.45) is 0. The summed E-state index contributed by atoms with van der Waals surface area (Å²) in [6, 6.07) is 8.03. The zero-order valence-electron chi connectivity index (χ0n) is 13.3. The van der Waals surface area contributed by atoms with Gasteiger partial charge in [0.1, 0.15) is 5.75 Å². The van der Waals surface area contributed by atoms with Crippen molar-refractivity contribution >= 4 is 5.96 Å². The summed E-state index contributed by atoms with van der Waals surface area (Å²) in [6.45, 7) is 10.3. The molecule has 0 saturated carbocycles. The van der Waals surface area contributed by atoms with Gasteiger partial charge in [0.25, 0.3) is 0 Å². The van der Waals surface area contributed by atoms with Crippen LogP contribution in [0.3, 0.4) is 0 Å². The van der Waals surface area contributed by atoms with E-state index < -0.39 is 0 Å². The van der Waals surface area contributed by atoms with Crippen LogP contribution in [-0.4, -0.2) is 38.9 Å². The van der Waals surface area contributed by atoms with Crippen LogP contribution in [0.25, 0.3) is 0 Å². The van der Waals surface area contributed by atoms with Gasteiger partial charge >= 0.3 is 0 Å². The highest BCUT2D eigenvalue weighted by Crippen LogP contribution is 2.13. The number of ether oxygens (including phenoxy) is 2. The molecule has 0 aromatic heterocycles. The Bertz CT molecular complexity index is 422. The second-order valence-electron chi connectivity index (χ2n) is 4.40. The van der Waals surface area contributed by atoms with E-state index in [1.165, 1.54) is 0 Å². The zero-order valence-corrected chi connectivity index (χ0v) is 13.3. The summed E-state index contributed by atoms with van der Waals surface area (Å²) in [5.74, 6) is 1.69. The van der Waals surface area contributed by atoms with Crippen molar-refractivity contribution in [2.24, 2.45) is 4.99 Å². The number of nitrogens with zero attached hydrogens (tertiary/aromatic N) is 1. The van der Waals surface area contributed by atoms with Gasteiger partial charge < -0.3 is 20.1 Å². The van der Waals surface area contributed by atoms with Gasteiger partial charge in [0.15, 0.2) is 5.96 Å². The Labute approximate surface area is 127 Å². The largest absolute Gasteiger partial charge is 0.494 e. The summed E-state index contributed by atoms with van der Waals surface area (Å²) in [5, 5.41) is 6.47. The van der Waals surface area contributed by atoms with Gasteiger partial charge in [-0.1, -0.05) is 12.1 Å². The van der Waals surface area contributed by atoms with E-state index in [9.17, 15) is 0 Å². The maximum Gasteiger partial charge on any atom is 0.191 e. The van der Waals surface area contributed by atoms with Crippen LogP contribution < -0.4 is 15.4 Å². The van der Waals surface area contributed by atoms with E-state index in [0.29, 0.717) is 19.8 Å². The molecule has 0 heterocycles. The maximum absolute atomic E-state index is 5.50. The molecule has 0 spiro atoms. The van der Waals surface area contributed by atoms with Gasteiger partial charge in [0.2, 0.25) is 0 Å². The van der Waals surface area contributed by atoms with Gasteiger partial charge in [-0.05, 0) is 38.5 Å². The third-order valence-corrected chi connectivity index (χ3v) is 2.72. The molecule has 0 amide bonds. The summed E-state index contributed by atoms with van der Waals surface area (Å²) in [7, 11) is 0. The fourth-order valence-corrected chi connectivity index (χ4v) is 1.80. The van der Waals surface area contributed by atoms with Crippen LogP contribution in [0.1, 0.15) is 26.3 Å². The molecule has 5 heteroatoms. The fraction of sp³-hybridized carbons (Fsp3) is 0.562. The van der Waals surface area contributed by atoms with Crippen molar-refractivity contribution in [2.45, 2.75) is 27.3 Å². The molecule has 0 atom stereocenters. The van der Waals surface area contributed by atoms with E-state index in [4.69, 9.17) is 9.47 Å². The first-order chi connectivity index (χ1) is 10.3. The Kier molecular flexibility index (Phi) is 9.04. The van der Waals surface area contributed by atoms with Crippen LogP contribution in [0, 0.1) is 0 Å². The van der Waals surface area contributed by atoms with Gasteiger partial charge in [-0.25, -0.2) is 4.99 Å². The Balaban J connectivity index is 2.53. The molecule has 0 radical (unpaired) electrons. The number of guanidine groups is 1. The van der Waals surface area contributed by atoms with Crippen molar-refractivity contribution in [1.82, 2.24) is 10.6 Å². The second kappa shape index (κ2) is 11.0. The Morgan fingerprint density at radius 3 is 2.71 bits per heavy atom. The minimum Gasteiger partial charge on any atom is -0.494 e. The third-order valence-electron chi connectivity index (χ3n) is 2.72. The standard InChI is InChI=1S/C16H27N3O2/c1-4-17-16(18-10-11-20-5-2)19-13-14-8-7-9-15(12-14)21-6-3/h7-9,12H,4-6,10-11,13H2,1-3H3,(H2,17,18,19). The summed E-state index contributed by atoms with van der Waals surface area (Å²) < 4.78 is 10.8. The number of aliphatic imine (C=N–C) groups is 1. The molecule has 1 aromatic rings. The highest BCUT2D eigenvalue weighted by atomic mass is 16.5. The minimum atomic E-state index is 0.616. The molecule has 0 fully saturated rings. The summed E-state index contributed by atoms with van der Waals surface area (Å²) >= 11 is 0. The van der Waals surface area contributed by atoms with E-state index in [1.807, 2.05) is 32.0 Å². The molecule has 0 unspecified atom stereocenters. The Hall–Kier alpha value is -1.75. The molecule has 0 bridgehead atoms. The molecular weight excluding hydrogens is 266 g/mol. The number of nitrogens with one attached hydrogen (secondary N) is 2. The van der Waals surface area contributed by atoms with E-state index >= 15 is 0 Å². The quantitative estimate of drug-likeness (QED) is 0.416. The van der Waals surface area contributed by atoms with Crippen molar-refractivity contribution in [3.05, 3.63) is 29.8 Å². The van der Waals surface area contributed by atoms with E-state index in [0.717, 1.165) is 37.0 Å². The van der Waals surface area contributed by atoms with E-state index in [2.05, 4.69) is 28.6 Å². The lowest BCUT2D eigenvalue weighted by molar-refractivity contribution is 0.152. The highest BCUT2D eigenvalue weighted by molar-refractivity contribution is 5.79. The van der Waals surface area contributed by atoms with Crippen LogP contribution in [0.15, 0.2) is 29.3 Å². The van der Waals surface area contributed by atoms with E-state index in [-0.39, 0.29) is 0 Å². The number of rotatable bonds is 9. The van der Waals surface area contributed by atoms with Crippen molar-refractivity contribution < 1.29 is 9.47 Å². The molecule has 0 aliphatic carbocycles. The molecule has 118 valence electrons. The topological polar surface area (TPSA) is 54.9 Å². The van der Waals surface area contributed by atoms with Gasteiger partial charge in [-0.3, -0.25) is 0 Å². The molecule has 2 N–H and O–H groups in total. The Morgan fingerprint density at radius 2 is 2.00 bits per heavy atom. The molecule has 0 saturated heterocycles. The minimum absolute atomic E-state index is 0.616. The van der Waals surface area contributed by atoms with Crippen LogP contribution in [-0.2, 0) is 11.3 Å². The molecule has 1 aromatic carbocycles. The summed E-state index contributed by atoms with van der Waals surface area (Å²) in [4.78, 5) is 4.57. The van der Waals surface area contributed by atoms with Gasteiger partial charge in [-0.15, -0.1) is 0 Å². The van der Waals surface area contributed by atoms with Gasteiger partial charge in [0, 0.05) is 19.7 Å². The lowest BCUT2D eigenvalue weighted by Gasteiger charge is -2.11. The predicted molar refractivity (Wildman–Crippen MR) is 86.9 cm³/mol. The van der Waals surface area contributed by atoms with E-state index in [1.54, 1.807) is 0 Å². The molecule has 21 heavy (non-hydrogen) atoms. The number of hydrogen-bond donors (Lipinski definition) is 2. The van der Waals surface area contributed by atoms with Crippen LogP contribution in [0.4, 0.5) is 0 Å². The first-order valence-electron chi connectivity index (χ1n) is 7.61. The average Bonchev–Trinajstić information content (AvgIpc) is 2.50. The van der Waals surface area contributed by atoms with Crippen LogP contribution in [0.5, 0.6) is 5.75 Å². The second-order valence-corrected chi connectivity index (χ2v) is 4.40. The van der Waals surface area contributed by atoms with Gasteiger partial charge in [0.05, 0.1) is 19.8 Å². The first-order valence-corrected chi connectivity index (χ1v) is 7.61. The highest BCUT2D eigenvalue weighted by Gasteiger charge is 1.99.